The van der Waals surface area contributed by atoms with Gasteiger partial charge >= 0.3 is 5.97 Å². The number of amides is 1. The lowest BCUT2D eigenvalue weighted by Gasteiger charge is -2.21. The van der Waals surface area contributed by atoms with E-state index in [0.717, 1.165) is 4.90 Å². The van der Waals surface area contributed by atoms with Gasteiger partial charge in [0.1, 0.15) is 6.04 Å². The predicted octanol–water partition coefficient (Wildman–Crippen LogP) is 1.000. The first-order valence-electron chi connectivity index (χ1n) is 5.47. The molecule has 0 saturated carbocycles. The van der Waals surface area contributed by atoms with Crippen LogP contribution in [-0.4, -0.2) is 45.7 Å². The Kier molecular flexibility index (Phi) is 3.54. The minimum Gasteiger partial charge on any atom is -0.480 e. The van der Waals surface area contributed by atoms with Gasteiger partial charge in [-0.25, -0.2) is 4.79 Å². The molecule has 1 heterocycles. The van der Waals surface area contributed by atoms with E-state index in [1.165, 1.54) is 6.07 Å². The molecule has 1 saturated heterocycles. The number of carboxylic acid groups (broad SMARTS) is 1. The van der Waals surface area contributed by atoms with Crippen LogP contribution in [0.25, 0.3) is 0 Å². The van der Waals surface area contributed by atoms with Crippen molar-refractivity contribution in [1.82, 2.24) is 4.90 Å². The number of aliphatic carboxylic acids is 1. The van der Waals surface area contributed by atoms with Crippen molar-refractivity contribution in [3.8, 4) is 0 Å². The number of rotatable bonds is 2. The molecule has 2 N–H and O–H groups in total. The average Bonchev–Trinajstić information content (AvgIpc) is 2.71. The van der Waals surface area contributed by atoms with Gasteiger partial charge in [-0.15, -0.1) is 0 Å². The predicted molar refractivity (Wildman–Crippen MR) is 64.5 cm³/mol. The summed E-state index contributed by atoms with van der Waals surface area (Å²) < 4.78 is 0. The van der Waals surface area contributed by atoms with Gasteiger partial charge in [0.05, 0.1) is 16.7 Å². The standard InChI is InChI=1S/C12H12ClNO4/c13-9-4-2-1-3-8(9)11(16)14-6-7(15)5-10(14)12(17)18/h1-4,7,10,15H,5-6H2,(H,17,18)/t7-,10-/m0/s1. The van der Waals surface area contributed by atoms with Gasteiger partial charge in [-0.1, -0.05) is 23.7 Å². The molecule has 0 spiro atoms. The van der Waals surface area contributed by atoms with E-state index in [-0.39, 0.29) is 23.6 Å². The first kappa shape index (κ1) is 12.9. The van der Waals surface area contributed by atoms with E-state index in [1.54, 1.807) is 18.2 Å². The van der Waals surface area contributed by atoms with Crippen molar-refractivity contribution >= 4 is 23.5 Å². The summed E-state index contributed by atoms with van der Waals surface area (Å²) in [5, 5.41) is 18.8. The molecule has 2 rings (SSSR count). The molecular weight excluding hydrogens is 258 g/mol. The van der Waals surface area contributed by atoms with Crippen LogP contribution in [0.3, 0.4) is 0 Å². The molecule has 0 aromatic heterocycles. The van der Waals surface area contributed by atoms with E-state index in [2.05, 4.69) is 0 Å². The summed E-state index contributed by atoms with van der Waals surface area (Å²) in [4.78, 5) is 24.4. The molecule has 1 aromatic carbocycles. The molecule has 6 heteroatoms. The molecule has 0 unspecified atom stereocenters. The smallest absolute Gasteiger partial charge is 0.326 e. The topological polar surface area (TPSA) is 77.8 Å². The molecule has 0 radical (unpaired) electrons. The van der Waals surface area contributed by atoms with Crippen LogP contribution < -0.4 is 0 Å². The molecule has 96 valence electrons. The summed E-state index contributed by atoms with van der Waals surface area (Å²) in [5.41, 5.74) is 0.250. The van der Waals surface area contributed by atoms with Crippen molar-refractivity contribution in [2.45, 2.75) is 18.6 Å². The maximum atomic E-state index is 12.2. The fraction of sp³-hybridized carbons (Fsp3) is 0.333. The van der Waals surface area contributed by atoms with E-state index in [1.807, 2.05) is 0 Å². The second-order valence-electron chi connectivity index (χ2n) is 4.18. The maximum Gasteiger partial charge on any atom is 0.326 e. The minimum atomic E-state index is -1.12. The number of likely N-dealkylation sites (tertiary alicyclic amines) is 1. The first-order chi connectivity index (χ1) is 8.50. The number of carbonyl (C=O) groups is 2. The highest BCUT2D eigenvalue weighted by Gasteiger charge is 2.39. The number of hydrogen-bond donors (Lipinski definition) is 2. The van der Waals surface area contributed by atoms with Crippen molar-refractivity contribution in [3.05, 3.63) is 34.9 Å². The van der Waals surface area contributed by atoms with Crippen LogP contribution in [0.1, 0.15) is 16.8 Å². The lowest BCUT2D eigenvalue weighted by Crippen LogP contribution is -2.40. The Bertz CT molecular complexity index is 491. The molecule has 2 atom stereocenters. The van der Waals surface area contributed by atoms with Crippen LogP contribution in [0.15, 0.2) is 24.3 Å². The number of nitrogens with zero attached hydrogens (tertiary/aromatic N) is 1. The molecule has 1 aromatic rings. The van der Waals surface area contributed by atoms with E-state index >= 15 is 0 Å². The number of carbonyl (C=O) groups excluding carboxylic acids is 1. The number of benzene rings is 1. The quantitative estimate of drug-likeness (QED) is 0.840. The SMILES string of the molecule is O=C(O)[C@@H]1C[C@H](O)CN1C(=O)c1ccccc1Cl. The Labute approximate surface area is 109 Å². The third kappa shape index (κ3) is 2.32. The highest BCUT2D eigenvalue weighted by atomic mass is 35.5. The van der Waals surface area contributed by atoms with Gasteiger partial charge in [0.15, 0.2) is 0 Å². The van der Waals surface area contributed by atoms with E-state index in [4.69, 9.17) is 16.7 Å². The Balaban J connectivity index is 2.28. The monoisotopic (exact) mass is 269 g/mol. The molecule has 0 aliphatic carbocycles. The lowest BCUT2D eigenvalue weighted by atomic mass is 10.1. The van der Waals surface area contributed by atoms with Crippen LogP contribution in [-0.2, 0) is 4.79 Å². The molecule has 1 aliphatic rings. The summed E-state index contributed by atoms with van der Waals surface area (Å²) >= 11 is 5.90. The second-order valence-corrected chi connectivity index (χ2v) is 4.59. The second kappa shape index (κ2) is 4.96. The van der Waals surface area contributed by atoms with Crippen molar-refractivity contribution in [2.75, 3.05) is 6.54 Å². The molecule has 18 heavy (non-hydrogen) atoms. The molecule has 1 aliphatic heterocycles. The van der Waals surface area contributed by atoms with E-state index in [0.29, 0.717) is 0 Å². The van der Waals surface area contributed by atoms with Gasteiger partial charge in [0.2, 0.25) is 0 Å². The van der Waals surface area contributed by atoms with Gasteiger partial charge in [-0.3, -0.25) is 4.79 Å². The highest BCUT2D eigenvalue weighted by Crippen LogP contribution is 2.24. The van der Waals surface area contributed by atoms with Crippen molar-refractivity contribution in [1.29, 1.82) is 0 Å². The zero-order valence-corrected chi connectivity index (χ0v) is 10.2. The van der Waals surface area contributed by atoms with Crippen molar-refractivity contribution in [2.24, 2.45) is 0 Å². The minimum absolute atomic E-state index is 0.0149. The zero-order chi connectivity index (χ0) is 13.3. The zero-order valence-electron chi connectivity index (χ0n) is 9.41. The fourth-order valence-electron chi connectivity index (χ4n) is 2.06. The largest absolute Gasteiger partial charge is 0.480 e. The molecule has 0 bridgehead atoms. The number of carboxylic acids is 1. The number of aliphatic hydroxyl groups excluding tert-OH is 1. The Hall–Kier alpha value is -1.59. The number of halogens is 1. The van der Waals surface area contributed by atoms with Crippen LogP contribution in [0, 0.1) is 0 Å². The summed E-state index contributed by atoms with van der Waals surface area (Å²) in [6, 6.07) is 5.45. The highest BCUT2D eigenvalue weighted by molar-refractivity contribution is 6.33. The van der Waals surface area contributed by atoms with Gasteiger partial charge in [-0.2, -0.15) is 0 Å². The average molecular weight is 270 g/mol. The number of aliphatic hydroxyl groups is 1. The lowest BCUT2D eigenvalue weighted by molar-refractivity contribution is -0.141. The summed E-state index contributed by atoms with van der Waals surface area (Å²) in [6.45, 7) is 0.0149. The first-order valence-corrected chi connectivity index (χ1v) is 5.85. The fourth-order valence-corrected chi connectivity index (χ4v) is 2.28. The third-order valence-electron chi connectivity index (χ3n) is 2.93. The third-order valence-corrected chi connectivity index (χ3v) is 3.26. The molecule has 1 fully saturated rings. The Morgan fingerprint density at radius 2 is 2.00 bits per heavy atom. The van der Waals surface area contributed by atoms with Gasteiger partial charge in [-0.05, 0) is 12.1 Å². The van der Waals surface area contributed by atoms with Crippen LogP contribution in [0.5, 0.6) is 0 Å². The summed E-state index contributed by atoms with van der Waals surface area (Å²) in [6.07, 6.45) is -0.761. The van der Waals surface area contributed by atoms with E-state index < -0.39 is 24.0 Å². The van der Waals surface area contributed by atoms with Crippen LogP contribution in [0.2, 0.25) is 5.02 Å². The van der Waals surface area contributed by atoms with Crippen molar-refractivity contribution < 1.29 is 19.8 Å². The van der Waals surface area contributed by atoms with E-state index in [9.17, 15) is 14.7 Å². The van der Waals surface area contributed by atoms with Crippen LogP contribution >= 0.6 is 11.6 Å². The number of β-amino-alcohol motifs (C(OH)–C–C–N with tert-alkyl or cyclic N) is 1. The molecular formula is C12H12ClNO4. The molecule has 5 nitrogen and oxygen atoms in total. The summed E-state index contributed by atoms with van der Waals surface area (Å²) in [5.74, 6) is -1.59. The van der Waals surface area contributed by atoms with Gasteiger partial charge < -0.3 is 15.1 Å². The molecule has 1 amide bonds. The normalized spacial score (nSPS) is 23.1. The number of hydrogen-bond acceptors (Lipinski definition) is 3. The van der Waals surface area contributed by atoms with Gasteiger partial charge in [0, 0.05) is 13.0 Å². The van der Waals surface area contributed by atoms with Gasteiger partial charge in [0.25, 0.3) is 5.91 Å². The Morgan fingerprint density at radius 1 is 1.33 bits per heavy atom. The van der Waals surface area contributed by atoms with Crippen LogP contribution in [0.4, 0.5) is 0 Å². The van der Waals surface area contributed by atoms with Crippen molar-refractivity contribution in [3.63, 3.8) is 0 Å². The maximum absolute atomic E-state index is 12.2. The summed E-state index contributed by atoms with van der Waals surface area (Å²) in [7, 11) is 0. The Morgan fingerprint density at radius 3 is 2.61 bits per heavy atom.